The molecular formula is C14H15ClFNS. The third-order valence-corrected chi connectivity index (χ3v) is 4.37. The van der Waals surface area contributed by atoms with E-state index >= 15 is 0 Å². The van der Waals surface area contributed by atoms with Gasteiger partial charge in [0.1, 0.15) is 5.82 Å². The van der Waals surface area contributed by atoms with Gasteiger partial charge in [-0.15, -0.1) is 11.3 Å². The van der Waals surface area contributed by atoms with Crippen molar-refractivity contribution in [2.75, 3.05) is 6.54 Å². The average molecular weight is 284 g/mol. The van der Waals surface area contributed by atoms with Crippen LogP contribution in [-0.4, -0.2) is 6.54 Å². The lowest BCUT2D eigenvalue weighted by molar-refractivity contribution is 0.607. The van der Waals surface area contributed by atoms with Gasteiger partial charge in [0.15, 0.2) is 0 Å². The Bertz CT molecular complexity index is 538. The van der Waals surface area contributed by atoms with Crippen LogP contribution in [0.4, 0.5) is 4.39 Å². The number of nitrogens with one attached hydrogen (secondary N) is 1. The van der Waals surface area contributed by atoms with Gasteiger partial charge in [-0.25, -0.2) is 4.39 Å². The molecule has 1 heterocycles. The maximum absolute atomic E-state index is 13.0. The number of benzene rings is 1. The molecule has 1 aromatic carbocycles. The van der Waals surface area contributed by atoms with Crippen LogP contribution in [0.5, 0.6) is 0 Å². The number of thiophene rings is 1. The van der Waals surface area contributed by atoms with Gasteiger partial charge in [-0.05, 0) is 43.8 Å². The molecule has 1 atom stereocenters. The molecule has 2 aromatic rings. The summed E-state index contributed by atoms with van der Waals surface area (Å²) in [7, 11) is 0. The Morgan fingerprint density at radius 3 is 2.78 bits per heavy atom. The second-order valence-electron chi connectivity index (χ2n) is 4.11. The first kappa shape index (κ1) is 13.5. The molecule has 1 nitrogen and oxygen atoms in total. The van der Waals surface area contributed by atoms with Crippen molar-refractivity contribution < 1.29 is 4.39 Å². The molecule has 0 spiro atoms. The van der Waals surface area contributed by atoms with E-state index in [0.717, 1.165) is 17.0 Å². The van der Waals surface area contributed by atoms with Crippen molar-refractivity contribution in [3.05, 3.63) is 46.0 Å². The summed E-state index contributed by atoms with van der Waals surface area (Å²) in [6.45, 7) is 5.15. The predicted octanol–water partition coefficient (Wildman–Crippen LogP) is 4.88. The molecule has 0 amide bonds. The minimum atomic E-state index is -0.304. The van der Waals surface area contributed by atoms with Crippen molar-refractivity contribution in [2.45, 2.75) is 19.9 Å². The maximum Gasteiger partial charge on any atom is 0.124 e. The summed E-state index contributed by atoms with van der Waals surface area (Å²) in [5.41, 5.74) is 0.887. The molecule has 0 aliphatic heterocycles. The highest BCUT2D eigenvalue weighted by molar-refractivity contribution is 7.15. The standard InChI is InChI=1S/C14H15ClFNS/c1-3-17-9(2)13-6-7-14(18-13)11-5-4-10(16)8-12(11)15/h4-9,17H,3H2,1-2H3. The van der Waals surface area contributed by atoms with E-state index in [2.05, 4.69) is 25.2 Å². The Balaban J connectivity index is 2.29. The van der Waals surface area contributed by atoms with E-state index in [9.17, 15) is 4.39 Å². The molecule has 0 saturated carbocycles. The molecule has 0 fully saturated rings. The molecule has 4 heteroatoms. The molecule has 1 aromatic heterocycles. The number of hydrogen-bond acceptors (Lipinski definition) is 2. The lowest BCUT2D eigenvalue weighted by Crippen LogP contribution is -2.16. The molecule has 0 aliphatic rings. The number of rotatable bonds is 4. The van der Waals surface area contributed by atoms with Crippen molar-refractivity contribution in [3.8, 4) is 10.4 Å². The molecule has 0 aliphatic carbocycles. The normalized spacial score (nSPS) is 12.7. The zero-order valence-electron chi connectivity index (χ0n) is 10.3. The summed E-state index contributed by atoms with van der Waals surface area (Å²) >= 11 is 7.75. The highest BCUT2D eigenvalue weighted by Crippen LogP contribution is 2.35. The van der Waals surface area contributed by atoms with E-state index in [0.29, 0.717) is 11.1 Å². The monoisotopic (exact) mass is 283 g/mol. The van der Waals surface area contributed by atoms with Crippen LogP contribution in [0.1, 0.15) is 24.8 Å². The largest absolute Gasteiger partial charge is 0.310 e. The molecule has 1 N–H and O–H groups in total. The summed E-state index contributed by atoms with van der Waals surface area (Å²) < 4.78 is 13.0. The lowest BCUT2D eigenvalue weighted by atomic mass is 10.2. The average Bonchev–Trinajstić information content (AvgIpc) is 2.78. The second-order valence-corrected chi connectivity index (χ2v) is 5.63. The van der Waals surface area contributed by atoms with E-state index in [1.165, 1.54) is 17.0 Å². The van der Waals surface area contributed by atoms with Gasteiger partial charge in [-0.2, -0.15) is 0 Å². The Hall–Kier alpha value is -0.900. The van der Waals surface area contributed by atoms with E-state index in [-0.39, 0.29) is 5.82 Å². The molecule has 18 heavy (non-hydrogen) atoms. The van der Waals surface area contributed by atoms with Gasteiger partial charge in [-0.3, -0.25) is 0 Å². The van der Waals surface area contributed by atoms with Crippen LogP contribution in [0, 0.1) is 5.82 Å². The SMILES string of the molecule is CCNC(C)c1ccc(-c2ccc(F)cc2Cl)s1. The summed E-state index contributed by atoms with van der Waals surface area (Å²) in [5, 5.41) is 3.83. The van der Waals surface area contributed by atoms with Crippen molar-refractivity contribution >= 4 is 22.9 Å². The van der Waals surface area contributed by atoms with Crippen LogP contribution < -0.4 is 5.32 Å². The Morgan fingerprint density at radius 2 is 2.11 bits per heavy atom. The van der Waals surface area contributed by atoms with Crippen LogP contribution in [0.3, 0.4) is 0 Å². The molecule has 0 saturated heterocycles. The molecule has 0 bridgehead atoms. The Morgan fingerprint density at radius 1 is 1.33 bits per heavy atom. The van der Waals surface area contributed by atoms with Gasteiger partial charge in [0, 0.05) is 21.4 Å². The summed E-state index contributed by atoms with van der Waals surface area (Å²) in [4.78, 5) is 2.33. The fraction of sp³-hybridized carbons (Fsp3) is 0.286. The van der Waals surface area contributed by atoms with Crippen LogP contribution in [0.25, 0.3) is 10.4 Å². The summed E-state index contributed by atoms with van der Waals surface area (Å²) in [6, 6.07) is 8.97. The van der Waals surface area contributed by atoms with Crippen LogP contribution in [-0.2, 0) is 0 Å². The highest BCUT2D eigenvalue weighted by atomic mass is 35.5. The van der Waals surface area contributed by atoms with Crippen LogP contribution in [0.2, 0.25) is 5.02 Å². The minimum Gasteiger partial charge on any atom is -0.310 e. The van der Waals surface area contributed by atoms with Crippen molar-refractivity contribution in [1.29, 1.82) is 0 Å². The quantitative estimate of drug-likeness (QED) is 0.843. The van der Waals surface area contributed by atoms with E-state index in [1.807, 2.05) is 6.07 Å². The smallest absolute Gasteiger partial charge is 0.124 e. The summed E-state index contributed by atoms with van der Waals surface area (Å²) in [6.07, 6.45) is 0. The zero-order valence-corrected chi connectivity index (χ0v) is 11.9. The topological polar surface area (TPSA) is 12.0 Å². The fourth-order valence-electron chi connectivity index (χ4n) is 1.83. The van der Waals surface area contributed by atoms with Crippen LogP contribution in [0.15, 0.2) is 30.3 Å². The van der Waals surface area contributed by atoms with Crippen molar-refractivity contribution in [1.82, 2.24) is 5.32 Å². The van der Waals surface area contributed by atoms with Gasteiger partial charge in [0.05, 0.1) is 5.02 Å². The third kappa shape index (κ3) is 2.91. The van der Waals surface area contributed by atoms with Gasteiger partial charge < -0.3 is 5.32 Å². The highest BCUT2D eigenvalue weighted by Gasteiger charge is 2.11. The second kappa shape index (κ2) is 5.83. The first-order valence-corrected chi connectivity index (χ1v) is 7.09. The number of hydrogen-bond donors (Lipinski definition) is 1. The summed E-state index contributed by atoms with van der Waals surface area (Å²) in [5.74, 6) is -0.304. The number of halogens is 2. The van der Waals surface area contributed by atoms with Crippen molar-refractivity contribution in [3.63, 3.8) is 0 Å². The van der Waals surface area contributed by atoms with Crippen LogP contribution >= 0.6 is 22.9 Å². The van der Waals surface area contributed by atoms with Gasteiger partial charge >= 0.3 is 0 Å². The van der Waals surface area contributed by atoms with E-state index < -0.39 is 0 Å². The zero-order chi connectivity index (χ0) is 13.1. The molecule has 96 valence electrons. The lowest BCUT2D eigenvalue weighted by Gasteiger charge is -2.09. The van der Waals surface area contributed by atoms with Crippen molar-refractivity contribution in [2.24, 2.45) is 0 Å². The molecular weight excluding hydrogens is 269 g/mol. The molecule has 1 unspecified atom stereocenters. The first-order valence-electron chi connectivity index (χ1n) is 5.90. The maximum atomic E-state index is 13.0. The van der Waals surface area contributed by atoms with Gasteiger partial charge in [0.2, 0.25) is 0 Å². The molecule has 0 radical (unpaired) electrons. The third-order valence-electron chi connectivity index (χ3n) is 2.76. The van der Waals surface area contributed by atoms with E-state index in [1.54, 1.807) is 17.4 Å². The Labute approximate surface area is 116 Å². The minimum absolute atomic E-state index is 0.304. The first-order chi connectivity index (χ1) is 8.61. The molecule has 2 rings (SSSR count). The van der Waals surface area contributed by atoms with Gasteiger partial charge in [0.25, 0.3) is 0 Å². The Kier molecular flexibility index (Phi) is 4.38. The fourth-order valence-corrected chi connectivity index (χ4v) is 3.23. The van der Waals surface area contributed by atoms with Gasteiger partial charge in [-0.1, -0.05) is 18.5 Å². The predicted molar refractivity (Wildman–Crippen MR) is 76.8 cm³/mol. The van der Waals surface area contributed by atoms with E-state index in [4.69, 9.17) is 11.6 Å².